The zero-order chi connectivity index (χ0) is 15.7. The Morgan fingerprint density at radius 3 is 2.64 bits per heavy atom. The first-order valence-electron chi connectivity index (χ1n) is 7.76. The lowest BCUT2D eigenvalue weighted by Gasteiger charge is -2.41. The van der Waals surface area contributed by atoms with Gasteiger partial charge in [-0.2, -0.15) is 0 Å². The maximum atomic E-state index is 11.6. The number of aryl methyl sites for hydroxylation is 1. The van der Waals surface area contributed by atoms with Gasteiger partial charge in [0, 0.05) is 44.1 Å². The number of hydrogen-bond donors (Lipinski definition) is 1. The summed E-state index contributed by atoms with van der Waals surface area (Å²) in [6.45, 7) is 5.63. The number of rotatable bonds is 3. The fraction of sp³-hybridized carbons (Fsp3) is 0.786. The van der Waals surface area contributed by atoms with E-state index >= 15 is 0 Å². The fourth-order valence-corrected chi connectivity index (χ4v) is 4.18. The maximum absolute atomic E-state index is 11.6. The fourth-order valence-electron chi connectivity index (χ4n) is 3.30. The summed E-state index contributed by atoms with van der Waals surface area (Å²) in [5.41, 5.74) is 1.04. The number of aromatic nitrogens is 2. The van der Waals surface area contributed by atoms with E-state index in [-0.39, 0.29) is 6.10 Å². The van der Waals surface area contributed by atoms with Gasteiger partial charge in [-0.25, -0.2) is 17.7 Å². The predicted octanol–water partition coefficient (Wildman–Crippen LogP) is 0.515. The van der Waals surface area contributed by atoms with E-state index in [2.05, 4.69) is 14.9 Å². The first kappa shape index (κ1) is 15.9. The number of nitrogens with one attached hydrogen (secondary N) is 1. The van der Waals surface area contributed by atoms with Crippen molar-refractivity contribution in [3.63, 3.8) is 0 Å². The lowest BCUT2D eigenvalue weighted by Crippen LogP contribution is -2.50. The topological polar surface area (TPSA) is 78.5 Å². The average Bonchev–Trinajstić information content (AvgIpc) is 2.93. The van der Waals surface area contributed by atoms with Gasteiger partial charge < -0.3 is 9.72 Å². The Morgan fingerprint density at radius 2 is 2.05 bits per heavy atom. The molecule has 2 aliphatic heterocycles. The van der Waals surface area contributed by atoms with Crippen LogP contribution in [0.4, 0.5) is 0 Å². The van der Waals surface area contributed by atoms with Crippen LogP contribution < -0.4 is 0 Å². The van der Waals surface area contributed by atoms with Crippen molar-refractivity contribution in [2.24, 2.45) is 0 Å². The van der Waals surface area contributed by atoms with Crippen molar-refractivity contribution in [1.29, 1.82) is 0 Å². The number of aromatic amines is 1. The third-order valence-electron chi connectivity index (χ3n) is 4.53. The number of imidazole rings is 1. The van der Waals surface area contributed by atoms with Crippen LogP contribution in [0, 0.1) is 6.92 Å². The van der Waals surface area contributed by atoms with Gasteiger partial charge in [0.25, 0.3) is 0 Å². The van der Waals surface area contributed by atoms with E-state index in [1.54, 1.807) is 4.31 Å². The molecule has 0 saturated carbocycles. The molecule has 0 amide bonds. The molecule has 3 heterocycles. The van der Waals surface area contributed by atoms with E-state index in [0.717, 1.165) is 37.4 Å². The van der Waals surface area contributed by atoms with Crippen molar-refractivity contribution in [3.8, 4) is 0 Å². The Labute approximate surface area is 131 Å². The van der Waals surface area contributed by atoms with Crippen LogP contribution in [0.5, 0.6) is 0 Å². The minimum Gasteiger partial charge on any atom is -0.368 e. The Morgan fingerprint density at radius 1 is 1.32 bits per heavy atom. The molecule has 7 nitrogen and oxygen atoms in total. The number of piperidine rings is 1. The summed E-state index contributed by atoms with van der Waals surface area (Å²) >= 11 is 0. The molecular formula is C14H24N4O3S. The normalized spacial score (nSPS) is 26.4. The maximum Gasteiger partial charge on any atom is 0.211 e. The molecule has 0 aromatic carbocycles. The van der Waals surface area contributed by atoms with Crippen molar-refractivity contribution in [2.75, 3.05) is 39.0 Å². The Kier molecular flexibility index (Phi) is 4.54. The highest BCUT2D eigenvalue weighted by Gasteiger charge is 2.32. The molecule has 0 bridgehead atoms. The molecule has 22 heavy (non-hydrogen) atoms. The first-order valence-corrected chi connectivity index (χ1v) is 9.60. The first-order chi connectivity index (χ1) is 10.4. The summed E-state index contributed by atoms with van der Waals surface area (Å²) in [6, 6.07) is 0.431. The molecule has 1 N–H and O–H groups in total. The van der Waals surface area contributed by atoms with E-state index in [4.69, 9.17) is 4.74 Å². The highest BCUT2D eigenvalue weighted by Crippen LogP contribution is 2.25. The molecule has 2 fully saturated rings. The summed E-state index contributed by atoms with van der Waals surface area (Å²) in [7, 11) is -3.06. The molecule has 3 rings (SSSR count). The highest BCUT2D eigenvalue weighted by atomic mass is 32.2. The summed E-state index contributed by atoms with van der Waals surface area (Å²) in [5, 5.41) is 0. The summed E-state index contributed by atoms with van der Waals surface area (Å²) in [4.78, 5) is 10.0. The molecule has 1 aromatic heterocycles. The molecule has 1 aromatic rings. The second-order valence-electron chi connectivity index (χ2n) is 6.20. The Bertz CT molecular complexity index is 607. The second-order valence-corrected chi connectivity index (χ2v) is 8.18. The molecule has 2 saturated heterocycles. The Balaban J connectivity index is 1.59. The van der Waals surface area contributed by atoms with Crippen molar-refractivity contribution in [2.45, 2.75) is 31.9 Å². The average molecular weight is 328 g/mol. The zero-order valence-electron chi connectivity index (χ0n) is 13.2. The Hall–Kier alpha value is -0.960. The van der Waals surface area contributed by atoms with E-state index in [1.165, 1.54) is 6.26 Å². The van der Waals surface area contributed by atoms with Crippen LogP contribution in [0.2, 0.25) is 0 Å². The number of H-pyrrole nitrogens is 1. The molecule has 1 atom stereocenters. The number of hydrogen-bond acceptors (Lipinski definition) is 5. The van der Waals surface area contributed by atoms with Gasteiger partial charge in [0.15, 0.2) is 0 Å². The molecule has 124 valence electrons. The van der Waals surface area contributed by atoms with E-state index < -0.39 is 10.0 Å². The predicted molar refractivity (Wildman–Crippen MR) is 83.0 cm³/mol. The number of nitrogens with zero attached hydrogens (tertiary/aromatic N) is 3. The smallest absolute Gasteiger partial charge is 0.211 e. The van der Waals surface area contributed by atoms with E-state index in [1.807, 2.05) is 13.1 Å². The standard InChI is InChI=1S/C14H24N4O3S/c1-11-9-15-14(16-11)13-10-17(7-8-21-13)12-3-5-18(6-4-12)22(2,19)20/h9,12-13H,3-8,10H2,1-2H3,(H,15,16)/t13-/m0/s1. The van der Waals surface area contributed by atoms with Gasteiger partial charge in [-0.3, -0.25) is 4.90 Å². The van der Waals surface area contributed by atoms with Crippen LogP contribution in [0.1, 0.15) is 30.5 Å². The lowest BCUT2D eigenvalue weighted by atomic mass is 10.0. The third-order valence-corrected chi connectivity index (χ3v) is 5.84. The van der Waals surface area contributed by atoms with Gasteiger partial charge in [-0.05, 0) is 19.8 Å². The summed E-state index contributed by atoms with van der Waals surface area (Å²) in [5.74, 6) is 0.885. The SMILES string of the molecule is Cc1cnc([C@@H]2CN(C3CCN(S(C)(=O)=O)CC3)CCO2)[nH]1. The quantitative estimate of drug-likeness (QED) is 0.875. The molecular weight excluding hydrogens is 304 g/mol. The summed E-state index contributed by atoms with van der Waals surface area (Å²) < 4.78 is 30.6. The number of ether oxygens (including phenoxy) is 1. The molecule has 0 radical (unpaired) electrons. The van der Waals surface area contributed by atoms with Crippen molar-refractivity contribution >= 4 is 10.0 Å². The van der Waals surface area contributed by atoms with Crippen LogP contribution in [0.15, 0.2) is 6.20 Å². The second kappa shape index (κ2) is 6.27. The molecule has 2 aliphatic rings. The van der Waals surface area contributed by atoms with Crippen LogP contribution >= 0.6 is 0 Å². The minimum absolute atomic E-state index is 0.0182. The van der Waals surface area contributed by atoms with Crippen molar-refractivity contribution in [1.82, 2.24) is 19.2 Å². The van der Waals surface area contributed by atoms with E-state index in [0.29, 0.717) is 25.7 Å². The minimum atomic E-state index is -3.06. The monoisotopic (exact) mass is 328 g/mol. The van der Waals surface area contributed by atoms with Crippen molar-refractivity contribution < 1.29 is 13.2 Å². The largest absolute Gasteiger partial charge is 0.368 e. The van der Waals surface area contributed by atoms with Crippen LogP contribution in [0.3, 0.4) is 0 Å². The van der Waals surface area contributed by atoms with Gasteiger partial charge >= 0.3 is 0 Å². The van der Waals surface area contributed by atoms with Gasteiger partial charge in [0.2, 0.25) is 10.0 Å². The van der Waals surface area contributed by atoms with Gasteiger partial charge in [0.1, 0.15) is 11.9 Å². The number of morpholine rings is 1. The molecule has 0 unspecified atom stereocenters. The zero-order valence-corrected chi connectivity index (χ0v) is 14.0. The highest BCUT2D eigenvalue weighted by molar-refractivity contribution is 7.88. The lowest BCUT2D eigenvalue weighted by molar-refractivity contribution is -0.0544. The van der Waals surface area contributed by atoms with Crippen LogP contribution in [0.25, 0.3) is 0 Å². The van der Waals surface area contributed by atoms with Gasteiger partial charge in [-0.1, -0.05) is 0 Å². The van der Waals surface area contributed by atoms with Crippen LogP contribution in [-0.2, 0) is 14.8 Å². The van der Waals surface area contributed by atoms with E-state index in [9.17, 15) is 8.42 Å². The molecule has 8 heteroatoms. The van der Waals surface area contributed by atoms with Gasteiger partial charge in [-0.15, -0.1) is 0 Å². The molecule has 0 spiro atoms. The third kappa shape index (κ3) is 3.51. The van der Waals surface area contributed by atoms with Crippen molar-refractivity contribution in [3.05, 3.63) is 17.7 Å². The summed E-state index contributed by atoms with van der Waals surface area (Å²) in [6.07, 6.45) is 4.86. The van der Waals surface area contributed by atoms with Crippen LogP contribution in [-0.4, -0.2) is 72.7 Å². The number of sulfonamides is 1. The molecule has 0 aliphatic carbocycles. The van der Waals surface area contributed by atoms with Gasteiger partial charge in [0.05, 0.1) is 12.9 Å².